The molecule has 4 heteroatoms. The molecule has 0 spiro atoms. The topological polar surface area (TPSA) is 49.8 Å². The largest absolute Gasteiger partial charge is 0.496 e. The summed E-state index contributed by atoms with van der Waals surface area (Å²) in [5.41, 5.74) is 1.80. The molecule has 1 aromatic rings. The number of likely N-dealkylation sites (tertiary alicyclic amines) is 1. The molecule has 0 unspecified atom stereocenters. The summed E-state index contributed by atoms with van der Waals surface area (Å²) in [5.74, 6) is 0.975. The molecule has 1 aliphatic rings. The van der Waals surface area contributed by atoms with E-state index in [0.717, 1.165) is 36.3 Å². The summed E-state index contributed by atoms with van der Waals surface area (Å²) in [6.07, 6.45) is 2.69. The summed E-state index contributed by atoms with van der Waals surface area (Å²) in [4.78, 5) is 13.7. The molecule has 1 N–H and O–H groups in total. The highest BCUT2D eigenvalue weighted by Gasteiger charge is 2.19. The van der Waals surface area contributed by atoms with Crippen LogP contribution in [0.4, 0.5) is 0 Å². The van der Waals surface area contributed by atoms with Gasteiger partial charge in [0, 0.05) is 25.1 Å². The fraction of sp³-hybridized carbons (Fsp3) is 0.500. The van der Waals surface area contributed by atoms with E-state index in [1.807, 2.05) is 23.1 Å². The SMILES string of the molecule is COc1ccc(CO)cc1CN1CCCCC1=O. The lowest BCUT2D eigenvalue weighted by Crippen LogP contribution is -2.34. The highest BCUT2D eigenvalue weighted by molar-refractivity contribution is 5.76. The molecule has 1 aliphatic heterocycles. The third-order valence-electron chi connectivity index (χ3n) is 3.31. The summed E-state index contributed by atoms with van der Waals surface area (Å²) in [7, 11) is 1.62. The van der Waals surface area contributed by atoms with Gasteiger partial charge >= 0.3 is 0 Å². The van der Waals surface area contributed by atoms with Crippen LogP contribution in [0.25, 0.3) is 0 Å². The van der Waals surface area contributed by atoms with Crippen molar-refractivity contribution in [1.29, 1.82) is 0 Å². The van der Waals surface area contributed by atoms with E-state index in [0.29, 0.717) is 13.0 Å². The molecular weight excluding hydrogens is 230 g/mol. The molecule has 1 fully saturated rings. The van der Waals surface area contributed by atoms with Crippen molar-refractivity contribution in [2.45, 2.75) is 32.4 Å². The molecule has 0 atom stereocenters. The number of rotatable bonds is 4. The van der Waals surface area contributed by atoms with Crippen molar-refractivity contribution in [3.8, 4) is 5.75 Å². The fourth-order valence-corrected chi connectivity index (χ4v) is 2.29. The Balaban J connectivity index is 2.18. The van der Waals surface area contributed by atoms with Gasteiger partial charge < -0.3 is 14.7 Å². The lowest BCUT2D eigenvalue weighted by atomic mass is 10.1. The minimum Gasteiger partial charge on any atom is -0.496 e. The van der Waals surface area contributed by atoms with Gasteiger partial charge in [-0.2, -0.15) is 0 Å². The average molecular weight is 249 g/mol. The quantitative estimate of drug-likeness (QED) is 0.883. The molecule has 0 radical (unpaired) electrons. The van der Waals surface area contributed by atoms with Crippen LogP contribution >= 0.6 is 0 Å². The van der Waals surface area contributed by atoms with Crippen LogP contribution in [0.1, 0.15) is 30.4 Å². The summed E-state index contributed by atoms with van der Waals surface area (Å²) in [6.45, 7) is 1.38. The number of hydrogen-bond acceptors (Lipinski definition) is 3. The van der Waals surface area contributed by atoms with Crippen LogP contribution in [0.3, 0.4) is 0 Å². The zero-order valence-corrected chi connectivity index (χ0v) is 10.7. The van der Waals surface area contributed by atoms with Crippen LogP contribution in [-0.4, -0.2) is 29.6 Å². The smallest absolute Gasteiger partial charge is 0.222 e. The maximum atomic E-state index is 11.8. The minimum absolute atomic E-state index is 0.00490. The van der Waals surface area contributed by atoms with Crippen molar-refractivity contribution >= 4 is 5.91 Å². The summed E-state index contributed by atoms with van der Waals surface area (Å²) in [5, 5.41) is 9.16. The van der Waals surface area contributed by atoms with Crippen LogP contribution in [0.15, 0.2) is 18.2 Å². The third kappa shape index (κ3) is 2.82. The minimum atomic E-state index is 0.00490. The molecule has 0 saturated carbocycles. The molecule has 18 heavy (non-hydrogen) atoms. The van der Waals surface area contributed by atoms with E-state index in [-0.39, 0.29) is 12.5 Å². The second kappa shape index (κ2) is 5.87. The van der Waals surface area contributed by atoms with Crippen molar-refractivity contribution < 1.29 is 14.6 Å². The standard InChI is InChI=1S/C14H19NO3/c1-18-13-6-5-11(10-16)8-12(13)9-15-7-3-2-4-14(15)17/h5-6,8,16H,2-4,7,9-10H2,1H3. The van der Waals surface area contributed by atoms with Crippen LogP contribution < -0.4 is 4.74 Å². The zero-order valence-electron chi connectivity index (χ0n) is 10.7. The van der Waals surface area contributed by atoms with E-state index in [4.69, 9.17) is 9.84 Å². The monoisotopic (exact) mass is 249 g/mol. The molecule has 2 rings (SSSR count). The summed E-state index contributed by atoms with van der Waals surface area (Å²) >= 11 is 0. The molecule has 0 aliphatic carbocycles. The normalized spacial score (nSPS) is 15.9. The van der Waals surface area contributed by atoms with Gasteiger partial charge in [0.2, 0.25) is 5.91 Å². The van der Waals surface area contributed by atoms with Gasteiger partial charge in [0.05, 0.1) is 13.7 Å². The third-order valence-corrected chi connectivity index (χ3v) is 3.31. The molecule has 98 valence electrons. The Morgan fingerprint density at radius 2 is 2.22 bits per heavy atom. The van der Waals surface area contributed by atoms with Gasteiger partial charge in [-0.15, -0.1) is 0 Å². The first kappa shape index (κ1) is 12.9. The van der Waals surface area contributed by atoms with Crippen LogP contribution in [-0.2, 0) is 17.9 Å². The second-order valence-corrected chi connectivity index (χ2v) is 4.58. The van der Waals surface area contributed by atoms with Crippen LogP contribution in [0.5, 0.6) is 5.75 Å². The van der Waals surface area contributed by atoms with Gasteiger partial charge in [0.1, 0.15) is 5.75 Å². The first-order chi connectivity index (χ1) is 8.74. The van der Waals surface area contributed by atoms with E-state index < -0.39 is 0 Å². The number of aliphatic hydroxyl groups excluding tert-OH is 1. The van der Waals surface area contributed by atoms with Gasteiger partial charge in [-0.05, 0) is 30.5 Å². The average Bonchev–Trinajstić information content (AvgIpc) is 2.41. The van der Waals surface area contributed by atoms with E-state index >= 15 is 0 Å². The van der Waals surface area contributed by atoms with E-state index in [9.17, 15) is 4.79 Å². The first-order valence-corrected chi connectivity index (χ1v) is 6.29. The molecular formula is C14H19NO3. The van der Waals surface area contributed by atoms with E-state index in [1.54, 1.807) is 7.11 Å². The Hall–Kier alpha value is -1.55. The van der Waals surface area contributed by atoms with Crippen LogP contribution in [0.2, 0.25) is 0 Å². The molecule has 1 aromatic carbocycles. The molecule has 1 heterocycles. The number of piperidine rings is 1. The van der Waals surface area contributed by atoms with Gasteiger partial charge in [0.25, 0.3) is 0 Å². The highest BCUT2D eigenvalue weighted by atomic mass is 16.5. The number of ether oxygens (including phenoxy) is 1. The van der Waals surface area contributed by atoms with Gasteiger partial charge in [-0.1, -0.05) is 6.07 Å². The number of methoxy groups -OCH3 is 1. The highest BCUT2D eigenvalue weighted by Crippen LogP contribution is 2.23. The number of carbonyl (C=O) groups excluding carboxylic acids is 1. The van der Waals surface area contributed by atoms with Crippen LogP contribution in [0, 0.1) is 0 Å². The molecule has 4 nitrogen and oxygen atoms in total. The number of aliphatic hydroxyl groups is 1. The lowest BCUT2D eigenvalue weighted by Gasteiger charge is -2.27. The van der Waals surface area contributed by atoms with Crippen molar-refractivity contribution in [2.24, 2.45) is 0 Å². The van der Waals surface area contributed by atoms with E-state index in [1.165, 1.54) is 0 Å². The number of amides is 1. The number of nitrogens with zero attached hydrogens (tertiary/aromatic N) is 1. The Labute approximate surface area is 107 Å². The van der Waals surface area contributed by atoms with Crippen molar-refractivity contribution in [3.05, 3.63) is 29.3 Å². The second-order valence-electron chi connectivity index (χ2n) is 4.58. The Bertz CT molecular complexity index is 431. The molecule has 1 saturated heterocycles. The Morgan fingerprint density at radius 3 is 2.89 bits per heavy atom. The fourth-order valence-electron chi connectivity index (χ4n) is 2.29. The zero-order chi connectivity index (χ0) is 13.0. The molecule has 0 bridgehead atoms. The summed E-state index contributed by atoms with van der Waals surface area (Å²) in [6, 6.07) is 5.58. The maximum Gasteiger partial charge on any atom is 0.222 e. The number of benzene rings is 1. The first-order valence-electron chi connectivity index (χ1n) is 6.29. The van der Waals surface area contributed by atoms with Gasteiger partial charge in [0.15, 0.2) is 0 Å². The summed E-state index contributed by atoms with van der Waals surface area (Å²) < 4.78 is 5.30. The van der Waals surface area contributed by atoms with Crippen molar-refractivity contribution in [2.75, 3.05) is 13.7 Å². The lowest BCUT2D eigenvalue weighted by molar-refractivity contribution is -0.133. The Kier molecular flexibility index (Phi) is 4.20. The van der Waals surface area contributed by atoms with Gasteiger partial charge in [-0.25, -0.2) is 0 Å². The predicted octanol–water partition coefficient (Wildman–Crippen LogP) is 1.70. The number of carbonyl (C=O) groups is 1. The Morgan fingerprint density at radius 1 is 1.39 bits per heavy atom. The maximum absolute atomic E-state index is 11.8. The van der Waals surface area contributed by atoms with E-state index in [2.05, 4.69) is 0 Å². The molecule has 0 aromatic heterocycles. The number of hydrogen-bond donors (Lipinski definition) is 1. The van der Waals surface area contributed by atoms with Crippen molar-refractivity contribution in [1.82, 2.24) is 4.90 Å². The predicted molar refractivity (Wildman–Crippen MR) is 68.2 cm³/mol. The van der Waals surface area contributed by atoms with Crippen molar-refractivity contribution in [3.63, 3.8) is 0 Å². The molecule has 1 amide bonds. The van der Waals surface area contributed by atoms with Gasteiger partial charge in [-0.3, -0.25) is 4.79 Å².